The Balaban J connectivity index is 1.97. The summed E-state index contributed by atoms with van der Waals surface area (Å²) < 4.78 is 5.44. The van der Waals surface area contributed by atoms with Gasteiger partial charge in [-0.05, 0) is 24.3 Å². The molecule has 0 spiro atoms. The van der Waals surface area contributed by atoms with Crippen LogP contribution in [0.15, 0.2) is 42.6 Å². The summed E-state index contributed by atoms with van der Waals surface area (Å²) in [4.78, 5) is 14.1. The molecule has 0 bridgehead atoms. The van der Waals surface area contributed by atoms with Gasteiger partial charge in [-0.15, -0.1) is 0 Å². The molecule has 0 unspecified atom stereocenters. The number of halogens is 1. The molecule has 0 N–H and O–H groups in total. The first-order valence-electron chi connectivity index (χ1n) is 5.13. The maximum Gasteiger partial charge on any atom is 0.269 e. The van der Waals surface area contributed by atoms with Crippen molar-refractivity contribution in [3.8, 4) is 5.75 Å². The number of nitrogens with zero attached hydrogens (tertiary/aromatic N) is 2. The number of hydrogen-bond acceptors (Lipinski definition) is 4. The van der Waals surface area contributed by atoms with Gasteiger partial charge in [0.15, 0.2) is 0 Å². The van der Waals surface area contributed by atoms with E-state index in [-0.39, 0.29) is 12.3 Å². The second kappa shape index (κ2) is 5.46. The first-order valence-corrected chi connectivity index (χ1v) is 5.50. The molecule has 0 aliphatic carbocycles. The molecule has 5 nitrogen and oxygen atoms in total. The third kappa shape index (κ3) is 3.18. The highest BCUT2D eigenvalue weighted by atomic mass is 35.5. The van der Waals surface area contributed by atoms with Gasteiger partial charge >= 0.3 is 0 Å². The van der Waals surface area contributed by atoms with Gasteiger partial charge in [0.1, 0.15) is 12.4 Å². The zero-order valence-corrected chi connectivity index (χ0v) is 10.0. The fourth-order valence-electron chi connectivity index (χ4n) is 1.31. The Morgan fingerprint density at radius 1 is 1.22 bits per heavy atom. The fraction of sp³-hybridized carbons (Fsp3) is 0.0833. The first kappa shape index (κ1) is 12.3. The lowest BCUT2D eigenvalue weighted by Crippen LogP contribution is -1.97. The second-order valence-electron chi connectivity index (χ2n) is 3.51. The number of nitro groups is 1. The Hall–Kier alpha value is -2.14. The van der Waals surface area contributed by atoms with Gasteiger partial charge in [0.05, 0.1) is 15.6 Å². The number of ether oxygens (including phenoxy) is 1. The third-order valence-electron chi connectivity index (χ3n) is 2.22. The van der Waals surface area contributed by atoms with Gasteiger partial charge < -0.3 is 4.74 Å². The predicted octanol–water partition coefficient (Wildman–Crippen LogP) is 3.22. The number of non-ortho nitro benzene ring substituents is 1. The molecule has 0 amide bonds. The van der Waals surface area contributed by atoms with Crippen LogP contribution in [0.5, 0.6) is 5.75 Å². The highest BCUT2D eigenvalue weighted by molar-refractivity contribution is 6.30. The van der Waals surface area contributed by atoms with Crippen molar-refractivity contribution in [2.45, 2.75) is 6.61 Å². The van der Waals surface area contributed by atoms with E-state index in [0.717, 1.165) is 5.69 Å². The van der Waals surface area contributed by atoms with E-state index in [1.807, 2.05) is 0 Å². The molecule has 1 aromatic heterocycles. The highest BCUT2D eigenvalue weighted by Gasteiger charge is 2.04. The van der Waals surface area contributed by atoms with Crippen LogP contribution in [0.2, 0.25) is 5.02 Å². The second-order valence-corrected chi connectivity index (χ2v) is 3.94. The van der Waals surface area contributed by atoms with Crippen molar-refractivity contribution in [3.63, 3.8) is 0 Å². The summed E-state index contributed by atoms with van der Waals surface area (Å²) in [5.74, 6) is 0.553. The van der Waals surface area contributed by atoms with E-state index in [9.17, 15) is 10.1 Å². The van der Waals surface area contributed by atoms with Crippen LogP contribution < -0.4 is 4.74 Å². The van der Waals surface area contributed by atoms with E-state index in [2.05, 4.69) is 4.98 Å². The van der Waals surface area contributed by atoms with Crippen molar-refractivity contribution in [2.75, 3.05) is 0 Å². The predicted molar refractivity (Wildman–Crippen MR) is 66.7 cm³/mol. The van der Waals surface area contributed by atoms with Crippen molar-refractivity contribution in [1.82, 2.24) is 4.98 Å². The number of benzene rings is 1. The van der Waals surface area contributed by atoms with E-state index >= 15 is 0 Å². The number of pyridine rings is 1. The van der Waals surface area contributed by atoms with Crippen molar-refractivity contribution in [1.29, 1.82) is 0 Å². The summed E-state index contributed by atoms with van der Waals surface area (Å²) >= 11 is 5.71. The molecule has 0 aliphatic heterocycles. The normalized spacial score (nSPS) is 10.1. The van der Waals surface area contributed by atoms with Crippen molar-refractivity contribution in [3.05, 3.63) is 63.4 Å². The molecular weight excluding hydrogens is 256 g/mol. The van der Waals surface area contributed by atoms with Crippen LogP contribution >= 0.6 is 11.6 Å². The lowest BCUT2D eigenvalue weighted by atomic mass is 10.3. The van der Waals surface area contributed by atoms with Crippen LogP contribution in [0.25, 0.3) is 0 Å². The van der Waals surface area contributed by atoms with Gasteiger partial charge in [0.2, 0.25) is 0 Å². The summed E-state index contributed by atoms with van der Waals surface area (Å²) in [7, 11) is 0. The molecule has 2 rings (SSSR count). The SMILES string of the molecule is O=[N+]([O-])c1ccc(OCc2ccc(Cl)cn2)cc1. The largest absolute Gasteiger partial charge is 0.487 e. The summed E-state index contributed by atoms with van der Waals surface area (Å²) in [6, 6.07) is 9.37. The Kier molecular flexibility index (Phi) is 3.74. The van der Waals surface area contributed by atoms with E-state index in [4.69, 9.17) is 16.3 Å². The quantitative estimate of drug-likeness (QED) is 0.628. The van der Waals surface area contributed by atoms with Gasteiger partial charge in [-0.1, -0.05) is 11.6 Å². The summed E-state index contributed by atoms with van der Waals surface area (Å²) in [6.45, 7) is 0.287. The summed E-state index contributed by atoms with van der Waals surface area (Å²) in [6.07, 6.45) is 1.54. The zero-order valence-electron chi connectivity index (χ0n) is 9.25. The number of hydrogen-bond donors (Lipinski definition) is 0. The molecule has 18 heavy (non-hydrogen) atoms. The maximum atomic E-state index is 10.5. The molecular formula is C12H9ClN2O3. The lowest BCUT2D eigenvalue weighted by Gasteiger charge is -2.05. The molecule has 0 saturated heterocycles. The molecule has 0 fully saturated rings. The number of nitro benzene ring substituents is 1. The van der Waals surface area contributed by atoms with Crippen molar-refractivity contribution >= 4 is 17.3 Å². The average Bonchev–Trinajstić information content (AvgIpc) is 2.38. The van der Waals surface area contributed by atoms with Crippen LogP contribution in [-0.4, -0.2) is 9.91 Å². The molecule has 6 heteroatoms. The van der Waals surface area contributed by atoms with E-state index in [0.29, 0.717) is 10.8 Å². The highest BCUT2D eigenvalue weighted by Crippen LogP contribution is 2.18. The monoisotopic (exact) mass is 264 g/mol. The maximum absolute atomic E-state index is 10.5. The minimum Gasteiger partial charge on any atom is -0.487 e. The molecule has 92 valence electrons. The first-order chi connectivity index (χ1) is 8.65. The Morgan fingerprint density at radius 2 is 1.94 bits per heavy atom. The molecule has 0 radical (unpaired) electrons. The molecule has 0 aliphatic rings. The Morgan fingerprint density at radius 3 is 2.50 bits per heavy atom. The van der Waals surface area contributed by atoms with Gasteiger partial charge in [0.25, 0.3) is 5.69 Å². The van der Waals surface area contributed by atoms with Gasteiger partial charge in [-0.25, -0.2) is 0 Å². The van der Waals surface area contributed by atoms with Gasteiger partial charge in [-0.2, -0.15) is 0 Å². The number of aromatic nitrogens is 1. The van der Waals surface area contributed by atoms with Gasteiger partial charge in [0, 0.05) is 18.3 Å². The van der Waals surface area contributed by atoms with Crippen LogP contribution in [0, 0.1) is 10.1 Å². The van der Waals surface area contributed by atoms with Crippen molar-refractivity contribution in [2.24, 2.45) is 0 Å². The minimum atomic E-state index is -0.454. The van der Waals surface area contributed by atoms with E-state index < -0.39 is 4.92 Å². The minimum absolute atomic E-state index is 0.0342. The topological polar surface area (TPSA) is 65.3 Å². The van der Waals surface area contributed by atoms with Crippen LogP contribution in [-0.2, 0) is 6.61 Å². The average molecular weight is 265 g/mol. The van der Waals surface area contributed by atoms with Gasteiger partial charge in [-0.3, -0.25) is 15.1 Å². The van der Waals surface area contributed by atoms with Crippen LogP contribution in [0.4, 0.5) is 5.69 Å². The molecule has 1 heterocycles. The molecule has 0 atom stereocenters. The summed E-state index contributed by atoms with van der Waals surface area (Å²) in [5.41, 5.74) is 0.768. The third-order valence-corrected chi connectivity index (χ3v) is 2.45. The standard InChI is InChI=1S/C12H9ClN2O3/c13-9-1-2-10(14-7-9)8-18-12-5-3-11(4-6-12)15(16)17/h1-7H,8H2. The van der Waals surface area contributed by atoms with Crippen molar-refractivity contribution < 1.29 is 9.66 Å². The smallest absolute Gasteiger partial charge is 0.269 e. The lowest BCUT2D eigenvalue weighted by molar-refractivity contribution is -0.384. The zero-order chi connectivity index (χ0) is 13.0. The molecule has 0 saturated carbocycles. The van der Waals surface area contributed by atoms with E-state index in [1.54, 1.807) is 24.3 Å². The number of rotatable bonds is 4. The van der Waals surface area contributed by atoms with Crippen LogP contribution in [0.1, 0.15) is 5.69 Å². The Bertz CT molecular complexity index is 540. The summed E-state index contributed by atoms with van der Waals surface area (Å²) in [5, 5.41) is 11.0. The Labute approximate surface area is 108 Å². The van der Waals surface area contributed by atoms with E-state index in [1.165, 1.54) is 18.3 Å². The fourth-order valence-corrected chi connectivity index (χ4v) is 1.42. The van der Waals surface area contributed by atoms with Crippen LogP contribution in [0.3, 0.4) is 0 Å². The molecule has 2 aromatic rings. The molecule has 1 aromatic carbocycles.